The van der Waals surface area contributed by atoms with Crippen molar-refractivity contribution >= 4 is 29.5 Å². The molecular formula is C33H34OSi. The van der Waals surface area contributed by atoms with Crippen molar-refractivity contribution in [2.45, 2.75) is 38.7 Å². The van der Waals surface area contributed by atoms with Gasteiger partial charge in [0.05, 0.1) is 0 Å². The van der Waals surface area contributed by atoms with E-state index >= 15 is 0 Å². The minimum absolute atomic E-state index is 0.00471. The van der Waals surface area contributed by atoms with Crippen LogP contribution in [-0.2, 0) is 4.43 Å². The molecule has 0 saturated carbocycles. The summed E-state index contributed by atoms with van der Waals surface area (Å²) in [5, 5.41) is 5.13. The lowest BCUT2D eigenvalue weighted by molar-refractivity contribution is 0.304. The maximum atomic E-state index is 6.93. The minimum Gasteiger partial charge on any atom is -0.407 e. The Morgan fingerprint density at radius 1 is 0.714 bits per heavy atom. The molecule has 0 unspecified atom stereocenters. The van der Waals surface area contributed by atoms with Crippen LogP contribution in [0.3, 0.4) is 0 Å². The van der Waals surface area contributed by atoms with Crippen molar-refractivity contribution in [2.75, 3.05) is 6.61 Å². The van der Waals surface area contributed by atoms with Gasteiger partial charge in [-0.3, -0.25) is 0 Å². The summed E-state index contributed by atoms with van der Waals surface area (Å²) in [5.41, 5.74) is 1.06. The van der Waals surface area contributed by atoms with Gasteiger partial charge in [-0.1, -0.05) is 136 Å². The first-order chi connectivity index (χ1) is 17.0. The normalized spacial score (nSPS) is 12.0. The third-order valence-corrected chi connectivity index (χ3v) is 11.4. The van der Waals surface area contributed by atoms with Gasteiger partial charge in [-0.2, -0.15) is 0 Å². The van der Waals surface area contributed by atoms with Gasteiger partial charge < -0.3 is 4.43 Å². The summed E-state index contributed by atoms with van der Waals surface area (Å²) in [6.45, 7) is 7.65. The van der Waals surface area contributed by atoms with Crippen LogP contribution < -0.4 is 10.4 Å². The van der Waals surface area contributed by atoms with Crippen molar-refractivity contribution in [3.8, 4) is 11.8 Å². The van der Waals surface area contributed by atoms with Crippen LogP contribution in [0, 0.1) is 11.8 Å². The SMILES string of the molecule is CC(C)(C)[Si](OCC/C=C/CC#Cc1ccc2ccccc2c1)(c1ccccc1)c1ccccc1. The van der Waals surface area contributed by atoms with Gasteiger partial charge in [0.2, 0.25) is 0 Å². The average Bonchev–Trinajstić information content (AvgIpc) is 2.88. The molecule has 0 aromatic heterocycles. The van der Waals surface area contributed by atoms with Crippen LogP contribution in [-0.4, -0.2) is 14.9 Å². The smallest absolute Gasteiger partial charge is 0.261 e. The number of fused-ring (bicyclic) bond motifs is 1. The van der Waals surface area contributed by atoms with E-state index < -0.39 is 8.32 Å². The van der Waals surface area contributed by atoms with Crippen LogP contribution in [0.4, 0.5) is 0 Å². The van der Waals surface area contributed by atoms with Crippen molar-refractivity contribution in [3.05, 3.63) is 121 Å². The molecule has 0 saturated heterocycles. The molecule has 0 spiro atoms. The molecule has 0 atom stereocenters. The number of rotatable bonds is 7. The van der Waals surface area contributed by atoms with Gasteiger partial charge in [0, 0.05) is 18.6 Å². The average molecular weight is 475 g/mol. The van der Waals surface area contributed by atoms with Gasteiger partial charge in [-0.05, 0) is 44.7 Å². The molecule has 2 heteroatoms. The summed E-state index contributed by atoms with van der Waals surface area (Å²) < 4.78 is 6.93. The quantitative estimate of drug-likeness (QED) is 0.120. The zero-order valence-corrected chi connectivity index (χ0v) is 22.0. The van der Waals surface area contributed by atoms with Gasteiger partial charge in [0.25, 0.3) is 8.32 Å². The lowest BCUT2D eigenvalue weighted by atomic mass is 10.1. The van der Waals surface area contributed by atoms with Crippen molar-refractivity contribution in [1.29, 1.82) is 0 Å². The zero-order chi connectivity index (χ0) is 24.6. The Balaban J connectivity index is 1.41. The van der Waals surface area contributed by atoms with Crippen LogP contribution in [0.25, 0.3) is 10.8 Å². The Morgan fingerprint density at radius 3 is 1.94 bits per heavy atom. The molecule has 0 heterocycles. The van der Waals surface area contributed by atoms with E-state index in [0.29, 0.717) is 6.61 Å². The van der Waals surface area contributed by atoms with E-state index in [-0.39, 0.29) is 5.04 Å². The van der Waals surface area contributed by atoms with Crippen molar-refractivity contribution in [2.24, 2.45) is 0 Å². The van der Waals surface area contributed by atoms with E-state index in [1.807, 2.05) is 0 Å². The maximum absolute atomic E-state index is 6.93. The Bertz CT molecular complexity index is 1280. The third-order valence-electron chi connectivity index (χ3n) is 6.39. The molecule has 176 valence electrons. The Kier molecular flexibility index (Phi) is 8.03. The molecule has 0 amide bonds. The third kappa shape index (κ3) is 5.82. The highest BCUT2D eigenvalue weighted by molar-refractivity contribution is 6.99. The van der Waals surface area contributed by atoms with Gasteiger partial charge in [-0.25, -0.2) is 0 Å². The van der Waals surface area contributed by atoms with Crippen LogP contribution in [0.5, 0.6) is 0 Å². The molecule has 0 radical (unpaired) electrons. The first-order valence-corrected chi connectivity index (χ1v) is 14.3. The Morgan fingerprint density at radius 2 is 1.31 bits per heavy atom. The van der Waals surface area contributed by atoms with E-state index in [9.17, 15) is 0 Å². The second-order valence-corrected chi connectivity index (χ2v) is 14.1. The van der Waals surface area contributed by atoms with Crippen LogP contribution in [0.2, 0.25) is 5.04 Å². The standard InChI is InChI=1S/C33H34OSi/c1-33(2,3)35(31-20-10-7-11-21-31,32-22-12-8-13-23-32)34-26-16-6-4-5-9-17-28-24-25-29-18-14-15-19-30(29)27-28/h4,6-8,10-15,18-25,27H,5,16,26H2,1-3H3/b6-4+. The van der Waals surface area contributed by atoms with E-state index in [4.69, 9.17) is 4.43 Å². The van der Waals surface area contributed by atoms with E-state index in [2.05, 4.69) is 148 Å². The molecule has 1 nitrogen and oxygen atoms in total. The van der Waals surface area contributed by atoms with Crippen LogP contribution in [0.15, 0.2) is 115 Å². The maximum Gasteiger partial charge on any atom is 0.261 e. The van der Waals surface area contributed by atoms with Gasteiger partial charge >= 0.3 is 0 Å². The summed E-state index contributed by atoms with van der Waals surface area (Å²) in [5.74, 6) is 6.57. The van der Waals surface area contributed by atoms with Crippen molar-refractivity contribution in [3.63, 3.8) is 0 Å². The lowest BCUT2D eigenvalue weighted by Crippen LogP contribution is -2.66. The molecular weight excluding hydrogens is 440 g/mol. The van der Waals surface area contributed by atoms with Gasteiger partial charge in [0.15, 0.2) is 0 Å². The fourth-order valence-corrected chi connectivity index (χ4v) is 9.30. The first kappa shape index (κ1) is 24.7. The predicted molar refractivity (Wildman–Crippen MR) is 153 cm³/mol. The van der Waals surface area contributed by atoms with Crippen LogP contribution in [0.1, 0.15) is 39.2 Å². The molecule has 0 N–H and O–H groups in total. The predicted octanol–water partition coefficient (Wildman–Crippen LogP) is 7.10. The van der Waals surface area contributed by atoms with E-state index in [1.165, 1.54) is 21.1 Å². The first-order valence-electron chi connectivity index (χ1n) is 12.4. The topological polar surface area (TPSA) is 9.23 Å². The lowest BCUT2D eigenvalue weighted by Gasteiger charge is -2.43. The monoisotopic (exact) mass is 474 g/mol. The van der Waals surface area contributed by atoms with Crippen molar-refractivity contribution < 1.29 is 4.43 Å². The molecule has 0 aliphatic carbocycles. The molecule has 35 heavy (non-hydrogen) atoms. The molecule has 4 aromatic rings. The Labute approximate surface area is 211 Å². The zero-order valence-electron chi connectivity index (χ0n) is 21.0. The largest absolute Gasteiger partial charge is 0.407 e. The molecule has 0 bridgehead atoms. The highest BCUT2D eigenvalue weighted by atomic mass is 28.4. The fraction of sp³-hybridized carbons (Fsp3) is 0.212. The highest BCUT2D eigenvalue weighted by Gasteiger charge is 2.49. The molecule has 0 aliphatic heterocycles. The number of hydrogen-bond acceptors (Lipinski definition) is 1. The van der Waals surface area contributed by atoms with Crippen molar-refractivity contribution in [1.82, 2.24) is 0 Å². The molecule has 0 aliphatic rings. The summed E-state index contributed by atoms with van der Waals surface area (Å²) in [6.07, 6.45) is 5.98. The number of allylic oxidation sites excluding steroid dienone is 1. The summed E-state index contributed by atoms with van der Waals surface area (Å²) in [4.78, 5) is 0. The van der Waals surface area contributed by atoms with E-state index in [0.717, 1.165) is 18.4 Å². The summed E-state index contributed by atoms with van der Waals surface area (Å²) >= 11 is 0. The van der Waals surface area contributed by atoms with Crippen LogP contribution >= 0.6 is 0 Å². The molecule has 4 aromatic carbocycles. The Hall–Kier alpha value is -3.38. The highest BCUT2D eigenvalue weighted by Crippen LogP contribution is 2.36. The fourth-order valence-electron chi connectivity index (χ4n) is 4.72. The summed E-state index contributed by atoms with van der Waals surface area (Å²) in [7, 11) is -2.45. The van der Waals surface area contributed by atoms with E-state index in [1.54, 1.807) is 0 Å². The number of benzene rings is 4. The second-order valence-electron chi connectivity index (χ2n) is 9.84. The molecule has 4 rings (SSSR count). The number of hydrogen-bond donors (Lipinski definition) is 0. The summed E-state index contributed by atoms with van der Waals surface area (Å²) in [6, 6.07) is 36.4. The minimum atomic E-state index is -2.45. The van der Waals surface area contributed by atoms with Gasteiger partial charge in [-0.15, -0.1) is 0 Å². The second kappa shape index (κ2) is 11.4. The molecule has 0 fully saturated rings. The van der Waals surface area contributed by atoms with Gasteiger partial charge in [0.1, 0.15) is 0 Å².